The van der Waals surface area contributed by atoms with E-state index in [2.05, 4.69) is 16.9 Å². The summed E-state index contributed by atoms with van der Waals surface area (Å²) in [6.07, 6.45) is 5.90. The van der Waals surface area contributed by atoms with Crippen molar-refractivity contribution in [3.05, 3.63) is 41.3 Å². The van der Waals surface area contributed by atoms with E-state index >= 15 is 0 Å². The Bertz CT molecular complexity index is 470. The van der Waals surface area contributed by atoms with Gasteiger partial charge < -0.3 is 5.43 Å². The summed E-state index contributed by atoms with van der Waals surface area (Å²) >= 11 is 0. The Labute approximate surface area is 100 Å². The molecule has 88 valence electrons. The molecule has 0 saturated carbocycles. The van der Waals surface area contributed by atoms with Gasteiger partial charge in [-0.25, -0.2) is 4.39 Å². The van der Waals surface area contributed by atoms with E-state index in [1.165, 1.54) is 12.1 Å². The molecule has 3 nitrogen and oxygen atoms in total. The molecule has 17 heavy (non-hydrogen) atoms. The van der Waals surface area contributed by atoms with Crippen LogP contribution in [0.5, 0.6) is 0 Å². The van der Waals surface area contributed by atoms with Crippen molar-refractivity contribution < 1.29 is 4.39 Å². The summed E-state index contributed by atoms with van der Waals surface area (Å²) in [5.41, 5.74) is 9.03. The number of hydrazine groups is 2. The Morgan fingerprint density at radius 1 is 1.35 bits per heavy atom. The lowest BCUT2D eigenvalue weighted by atomic mass is 10.1. The lowest BCUT2D eigenvalue weighted by molar-refractivity contribution is 0.258. The van der Waals surface area contributed by atoms with Crippen molar-refractivity contribution in [3.8, 4) is 12.3 Å². The SMILES string of the molecule is C#CCCN1NNC(c2ccc(F)cc2)=C1C. The molecule has 0 fully saturated rings. The number of allylic oxidation sites excluding steroid dienone is 1. The summed E-state index contributed by atoms with van der Waals surface area (Å²) in [5.74, 6) is 2.36. The smallest absolute Gasteiger partial charge is 0.123 e. The summed E-state index contributed by atoms with van der Waals surface area (Å²) in [7, 11) is 0. The van der Waals surface area contributed by atoms with Gasteiger partial charge in [-0.3, -0.25) is 5.01 Å². The standard InChI is InChI=1S/C13H14FN3/c1-3-4-9-17-10(2)13(15-16-17)11-5-7-12(14)8-6-11/h1,5-8,15-16H,4,9H2,2H3. The average molecular weight is 231 g/mol. The quantitative estimate of drug-likeness (QED) is 0.778. The van der Waals surface area contributed by atoms with Gasteiger partial charge in [0, 0.05) is 18.5 Å². The molecule has 1 aliphatic heterocycles. The third kappa shape index (κ3) is 2.40. The molecular formula is C13H14FN3. The van der Waals surface area contributed by atoms with Crippen LogP contribution in [0.15, 0.2) is 30.0 Å². The maximum Gasteiger partial charge on any atom is 0.123 e. The van der Waals surface area contributed by atoms with Gasteiger partial charge in [-0.15, -0.1) is 17.9 Å². The number of nitrogens with one attached hydrogen (secondary N) is 2. The topological polar surface area (TPSA) is 27.3 Å². The van der Waals surface area contributed by atoms with Gasteiger partial charge in [0.1, 0.15) is 5.82 Å². The number of halogens is 1. The molecule has 0 amide bonds. The third-order valence-electron chi connectivity index (χ3n) is 2.70. The van der Waals surface area contributed by atoms with E-state index in [1.807, 2.05) is 11.9 Å². The highest BCUT2D eigenvalue weighted by atomic mass is 19.1. The van der Waals surface area contributed by atoms with Crippen LogP contribution in [0.4, 0.5) is 4.39 Å². The fraction of sp³-hybridized carbons (Fsp3) is 0.231. The van der Waals surface area contributed by atoms with Crippen molar-refractivity contribution in [1.29, 1.82) is 0 Å². The predicted octanol–water partition coefficient (Wildman–Crippen LogP) is 1.86. The summed E-state index contributed by atoms with van der Waals surface area (Å²) in [5, 5.41) is 1.94. The van der Waals surface area contributed by atoms with E-state index in [0.717, 1.165) is 23.5 Å². The molecular weight excluding hydrogens is 217 g/mol. The minimum absolute atomic E-state index is 0.234. The first-order valence-electron chi connectivity index (χ1n) is 5.42. The minimum atomic E-state index is -0.234. The van der Waals surface area contributed by atoms with E-state index in [1.54, 1.807) is 12.1 Å². The highest BCUT2D eigenvalue weighted by Gasteiger charge is 2.18. The zero-order chi connectivity index (χ0) is 12.3. The first-order chi connectivity index (χ1) is 8.22. The molecule has 0 radical (unpaired) electrons. The molecule has 2 rings (SSSR count). The first-order valence-corrected chi connectivity index (χ1v) is 5.42. The van der Waals surface area contributed by atoms with Gasteiger partial charge in [-0.05, 0) is 31.2 Å². The number of rotatable bonds is 3. The van der Waals surface area contributed by atoms with Gasteiger partial charge in [0.15, 0.2) is 0 Å². The second-order valence-corrected chi connectivity index (χ2v) is 3.81. The van der Waals surface area contributed by atoms with Crippen LogP contribution in [-0.2, 0) is 0 Å². The number of hydrogen-bond acceptors (Lipinski definition) is 3. The zero-order valence-corrected chi connectivity index (χ0v) is 9.63. The second kappa shape index (κ2) is 4.89. The Balaban J connectivity index is 2.19. The summed E-state index contributed by atoms with van der Waals surface area (Å²) in [6, 6.07) is 6.38. The average Bonchev–Trinajstić information content (AvgIpc) is 2.69. The normalized spacial score (nSPS) is 14.8. The van der Waals surface area contributed by atoms with Gasteiger partial charge in [0.25, 0.3) is 0 Å². The highest BCUT2D eigenvalue weighted by molar-refractivity contribution is 5.67. The number of hydrogen-bond donors (Lipinski definition) is 2. The maximum atomic E-state index is 12.8. The van der Waals surface area contributed by atoms with E-state index in [-0.39, 0.29) is 5.82 Å². The van der Waals surface area contributed by atoms with Crippen LogP contribution in [-0.4, -0.2) is 11.6 Å². The maximum absolute atomic E-state index is 12.8. The fourth-order valence-corrected chi connectivity index (χ4v) is 1.73. The van der Waals surface area contributed by atoms with Crippen molar-refractivity contribution in [2.75, 3.05) is 6.54 Å². The van der Waals surface area contributed by atoms with Crippen LogP contribution >= 0.6 is 0 Å². The van der Waals surface area contributed by atoms with Crippen LogP contribution in [0.25, 0.3) is 5.70 Å². The summed E-state index contributed by atoms with van der Waals surface area (Å²) in [6.45, 7) is 2.72. The molecule has 0 unspecified atom stereocenters. The molecule has 0 spiro atoms. The third-order valence-corrected chi connectivity index (χ3v) is 2.70. The first kappa shape index (κ1) is 11.5. The molecule has 0 bridgehead atoms. The predicted molar refractivity (Wildman–Crippen MR) is 65.4 cm³/mol. The second-order valence-electron chi connectivity index (χ2n) is 3.81. The highest BCUT2D eigenvalue weighted by Crippen LogP contribution is 2.21. The van der Waals surface area contributed by atoms with Crippen LogP contribution in [0.2, 0.25) is 0 Å². The Hall–Kier alpha value is -1.99. The van der Waals surface area contributed by atoms with Gasteiger partial charge in [-0.2, -0.15) is 0 Å². The van der Waals surface area contributed by atoms with Crippen LogP contribution in [0, 0.1) is 18.2 Å². The Morgan fingerprint density at radius 3 is 2.71 bits per heavy atom. The molecule has 0 atom stereocenters. The fourth-order valence-electron chi connectivity index (χ4n) is 1.73. The van der Waals surface area contributed by atoms with E-state index in [0.29, 0.717) is 6.42 Å². The van der Waals surface area contributed by atoms with Gasteiger partial charge in [0.05, 0.1) is 11.4 Å². The number of terminal acetylenes is 1. The monoisotopic (exact) mass is 231 g/mol. The minimum Gasteiger partial charge on any atom is -0.301 e. The van der Waals surface area contributed by atoms with E-state index in [4.69, 9.17) is 6.42 Å². The molecule has 2 N–H and O–H groups in total. The van der Waals surface area contributed by atoms with E-state index in [9.17, 15) is 4.39 Å². The molecule has 0 aliphatic carbocycles. The number of nitrogens with zero attached hydrogens (tertiary/aromatic N) is 1. The summed E-state index contributed by atoms with van der Waals surface area (Å²) < 4.78 is 12.8. The van der Waals surface area contributed by atoms with Crippen LogP contribution in [0.1, 0.15) is 18.9 Å². The molecule has 1 aromatic rings. The van der Waals surface area contributed by atoms with Crippen LogP contribution in [0.3, 0.4) is 0 Å². The van der Waals surface area contributed by atoms with Crippen molar-refractivity contribution in [2.45, 2.75) is 13.3 Å². The van der Waals surface area contributed by atoms with Gasteiger partial charge >= 0.3 is 0 Å². The van der Waals surface area contributed by atoms with Crippen LogP contribution < -0.4 is 11.0 Å². The Morgan fingerprint density at radius 2 is 2.06 bits per heavy atom. The van der Waals surface area contributed by atoms with Gasteiger partial charge in [0.2, 0.25) is 0 Å². The van der Waals surface area contributed by atoms with Gasteiger partial charge in [-0.1, -0.05) is 0 Å². The van der Waals surface area contributed by atoms with Crippen molar-refractivity contribution in [2.24, 2.45) is 0 Å². The van der Waals surface area contributed by atoms with Crippen molar-refractivity contribution in [3.63, 3.8) is 0 Å². The zero-order valence-electron chi connectivity index (χ0n) is 9.63. The molecule has 0 saturated heterocycles. The molecule has 1 heterocycles. The largest absolute Gasteiger partial charge is 0.301 e. The lowest BCUT2D eigenvalue weighted by Gasteiger charge is -2.16. The van der Waals surface area contributed by atoms with Crippen molar-refractivity contribution >= 4 is 5.70 Å². The molecule has 0 aromatic heterocycles. The van der Waals surface area contributed by atoms with E-state index < -0.39 is 0 Å². The molecule has 4 heteroatoms. The Kier molecular flexibility index (Phi) is 3.31. The molecule has 1 aliphatic rings. The summed E-state index contributed by atoms with van der Waals surface area (Å²) in [4.78, 5) is 0. The molecule has 1 aromatic carbocycles. The lowest BCUT2D eigenvalue weighted by Crippen LogP contribution is -2.37. The van der Waals surface area contributed by atoms with Crippen molar-refractivity contribution in [1.82, 2.24) is 16.0 Å². The number of benzene rings is 1.